The van der Waals surface area contributed by atoms with Gasteiger partial charge in [-0.3, -0.25) is 28.4 Å². The maximum Gasteiger partial charge on any atom is 0.332 e. The lowest BCUT2D eigenvalue weighted by molar-refractivity contribution is -0.141. The monoisotopic (exact) mass is 386 g/mol. The van der Waals surface area contributed by atoms with Crippen molar-refractivity contribution < 1.29 is 14.7 Å². The number of carboxylic acids is 1. The van der Waals surface area contributed by atoms with Crippen LogP contribution in [0.3, 0.4) is 0 Å². The quantitative estimate of drug-likeness (QED) is 0.664. The molecule has 1 unspecified atom stereocenters. The summed E-state index contributed by atoms with van der Waals surface area (Å²) in [4.78, 5) is 50.8. The largest absolute Gasteiger partial charge is 0.480 e. The Labute approximate surface area is 160 Å². The second-order valence-corrected chi connectivity index (χ2v) is 6.87. The van der Waals surface area contributed by atoms with E-state index in [1.807, 2.05) is 18.2 Å². The van der Waals surface area contributed by atoms with E-state index in [4.69, 9.17) is 5.73 Å². The van der Waals surface area contributed by atoms with Gasteiger partial charge in [-0.05, 0) is 24.9 Å². The molecule has 9 heteroatoms. The van der Waals surface area contributed by atoms with E-state index in [-0.39, 0.29) is 24.5 Å². The second-order valence-electron chi connectivity index (χ2n) is 6.87. The number of carbonyl (C=O) groups is 2. The fourth-order valence-electron chi connectivity index (χ4n) is 3.52. The van der Waals surface area contributed by atoms with Crippen LogP contribution in [0.2, 0.25) is 0 Å². The van der Waals surface area contributed by atoms with Crippen molar-refractivity contribution in [1.82, 2.24) is 14.0 Å². The van der Waals surface area contributed by atoms with Gasteiger partial charge in [-0.2, -0.15) is 0 Å². The topological polar surface area (TPSA) is 128 Å². The predicted molar refractivity (Wildman–Crippen MR) is 102 cm³/mol. The highest BCUT2D eigenvalue weighted by Gasteiger charge is 2.33. The van der Waals surface area contributed by atoms with Crippen molar-refractivity contribution in [3.63, 3.8) is 0 Å². The third-order valence-electron chi connectivity index (χ3n) is 5.04. The molecule has 1 saturated heterocycles. The van der Waals surface area contributed by atoms with E-state index in [2.05, 4.69) is 0 Å². The zero-order chi connectivity index (χ0) is 20.4. The van der Waals surface area contributed by atoms with Crippen molar-refractivity contribution in [2.75, 3.05) is 18.8 Å². The van der Waals surface area contributed by atoms with Gasteiger partial charge in [-0.15, -0.1) is 0 Å². The van der Waals surface area contributed by atoms with E-state index in [1.165, 1.54) is 16.5 Å². The van der Waals surface area contributed by atoms with Crippen LogP contribution in [0.5, 0.6) is 0 Å². The molecule has 0 radical (unpaired) electrons. The summed E-state index contributed by atoms with van der Waals surface area (Å²) in [6.45, 7) is 0.327. The molecule has 0 bridgehead atoms. The summed E-state index contributed by atoms with van der Waals surface area (Å²) < 4.78 is 2.04. The number of nitrogens with two attached hydrogens (primary N) is 1. The molecule has 2 aromatic rings. The van der Waals surface area contributed by atoms with Crippen LogP contribution < -0.4 is 17.0 Å². The van der Waals surface area contributed by atoms with Crippen LogP contribution in [0.15, 0.2) is 39.9 Å². The number of nitrogen functional groups attached to an aromatic ring is 1. The molecular formula is C19H22N4O5. The summed E-state index contributed by atoms with van der Waals surface area (Å²) >= 11 is 0. The number of carboxylic acid groups (broad SMARTS) is 1. The first kappa shape index (κ1) is 19.6. The number of hydrogen-bond donors (Lipinski definition) is 2. The number of hydrogen-bond acceptors (Lipinski definition) is 6. The Balaban J connectivity index is 1.99. The Hall–Kier alpha value is -3.20. The predicted octanol–water partition coefficient (Wildman–Crippen LogP) is -0.0908. The molecule has 3 rings (SSSR count). The highest BCUT2D eigenvalue weighted by atomic mass is 16.4. The van der Waals surface area contributed by atoms with E-state index in [0.29, 0.717) is 19.4 Å². The lowest BCUT2D eigenvalue weighted by Crippen LogP contribution is -2.45. The molecule has 0 spiro atoms. The summed E-state index contributed by atoms with van der Waals surface area (Å²) in [5.41, 5.74) is 5.18. The average molecular weight is 386 g/mol. The molecule has 2 heterocycles. The lowest BCUT2D eigenvalue weighted by atomic mass is 10.1. The molecule has 28 heavy (non-hydrogen) atoms. The first-order valence-electron chi connectivity index (χ1n) is 8.94. The molecule has 1 aliphatic rings. The molecule has 0 aliphatic carbocycles. The standard InChI is InChI=1S/C19H22N4O5/c1-21-17(25)15(14(24)11-22-9-5-8-13(22)18(26)27)16(20)23(19(21)28)10-12-6-3-2-4-7-12/h2-4,6-7,13H,5,8-11,20H2,1H3,(H,26,27). The van der Waals surface area contributed by atoms with Crippen molar-refractivity contribution in [2.45, 2.75) is 25.4 Å². The molecule has 0 amide bonds. The summed E-state index contributed by atoms with van der Waals surface area (Å²) in [7, 11) is 1.29. The molecule has 0 saturated carbocycles. The second kappa shape index (κ2) is 7.81. The van der Waals surface area contributed by atoms with Crippen molar-refractivity contribution in [2.24, 2.45) is 7.05 Å². The number of carbonyl (C=O) groups excluding carboxylic acids is 1. The molecule has 9 nitrogen and oxygen atoms in total. The minimum atomic E-state index is -1.000. The third-order valence-corrected chi connectivity index (χ3v) is 5.04. The molecule has 1 aromatic carbocycles. The van der Waals surface area contributed by atoms with E-state index in [9.17, 15) is 24.3 Å². The van der Waals surface area contributed by atoms with Gasteiger partial charge >= 0.3 is 11.7 Å². The van der Waals surface area contributed by atoms with E-state index in [1.54, 1.807) is 12.1 Å². The molecule has 1 atom stereocenters. The van der Waals surface area contributed by atoms with Gasteiger partial charge in [0.15, 0.2) is 5.78 Å². The maximum absolute atomic E-state index is 12.8. The number of benzene rings is 1. The van der Waals surface area contributed by atoms with Crippen LogP contribution in [-0.4, -0.2) is 50.0 Å². The maximum atomic E-state index is 12.8. The zero-order valence-electron chi connectivity index (χ0n) is 15.5. The first-order valence-corrected chi connectivity index (χ1v) is 8.94. The minimum absolute atomic E-state index is 0.112. The number of likely N-dealkylation sites (tertiary alicyclic amines) is 1. The number of rotatable bonds is 6. The van der Waals surface area contributed by atoms with Gasteiger partial charge in [-0.25, -0.2) is 4.79 Å². The summed E-state index contributed by atoms with van der Waals surface area (Å²) in [5, 5.41) is 9.28. The molecular weight excluding hydrogens is 364 g/mol. The van der Waals surface area contributed by atoms with Crippen LogP contribution in [-0.2, 0) is 18.4 Å². The Bertz CT molecular complexity index is 1030. The highest BCUT2D eigenvalue weighted by Crippen LogP contribution is 2.18. The molecule has 1 fully saturated rings. The van der Waals surface area contributed by atoms with Crippen LogP contribution in [0.1, 0.15) is 28.8 Å². The van der Waals surface area contributed by atoms with Crippen molar-refractivity contribution in [3.05, 3.63) is 62.3 Å². The van der Waals surface area contributed by atoms with Crippen LogP contribution in [0.25, 0.3) is 0 Å². The normalized spacial score (nSPS) is 17.0. The number of nitrogens with zero attached hydrogens (tertiary/aromatic N) is 3. The molecule has 3 N–H and O–H groups in total. The van der Waals surface area contributed by atoms with Crippen molar-refractivity contribution in [1.29, 1.82) is 0 Å². The minimum Gasteiger partial charge on any atom is -0.480 e. The van der Waals surface area contributed by atoms with E-state index >= 15 is 0 Å². The number of Topliss-reactive ketones (excluding diaryl/α,β-unsaturated/α-hetero) is 1. The van der Waals surface area contributed by atoms with Gasteiger partial charge in [0.25, 0.3) is 5.56 Å². The Kier molecular flexibility index (Phi) is 5.46. The summed E-state index contributed by atoms with van der Waals surface area (Å²) in [6, 6.07) is 8.30. The third kappa shape index (κ3) is 3.61. The lowest BCUT2D eigenvalue weighted by Gasteiger charge is -2.21. The van der Waals surface area contributed by atoms with Crippen LogP contribution in [0, 0.1) is 0 Å². The Morgan fingerprint density at radius 3 is 2.54 bits per heavy atom. The Morgan fingerprint density at radius 1 is 1.21 bits per heavy atom. The molecule has 148 valence electrons. The van der Waals surface area contributed by atoms with E-state index < -0.39 is 29.0 Å². The van der Waals surface area contributed by atoms with Crippen LogP contribution >= 0.6 is 0 Å². The molecule has 1 aliphatic heterocycles. The first-order chi connectivity index (χ1) is 13.3. The van der Waals surface area contributed by atoms with Gasteiger partial charge in [0.2, 0.25) is 0 Å². The van der Waals surface area contributed by atoms with Gasteiger partial charge < -0.3 is 10.8 Å². The Morgan fingerprint density at radius 2 is 1.89 bits per heavy atom. The molecule has 1 aromatic heterocycles. The smallest absolute Gasteiger partial charge is 0.332 e. The van der Waals surface area contributed by atoms with Gasteiger partial charge in [0, 0.05) is 7.05 Å². The zero-order valence-corrected chi connectivity index (χ0v) is 15.5. The van der Waals surface area contributed by atoms with E-state index in [0.717, 1.165) is 10.1 Å². The SMILES string of the molecule is Cn1c(=O)c(C(=O)CN2CCCC2C(=O)O)c(N)n(Cc2ccccc2)c1=O. The number of anilines is 1. The van der Waals surface area contributed by atoms with Crippen molar-refractivity contribution >= 4 is 17.6 Å². The number of aliphatic carboxylic acids is 1. The van der Waals surface area contributed by atoms with Gasteiger partial charge in [0.05, 0.1) is 13.1 Å². The number of aromatic nitrogens is 2. The summed E-state index contributed by atoms with van der Waals surface area (Å²) in [6.07, 6.45) is 1.11. The number of ketones is 1. The summed E-state index contributed by atoms with van der Waals surface area (Å²) in [5.74, 6) is -1.79. The van der Waals surface area contributed by atoms with Crippen molar-refractivity contribution in [3.8, 4) is 0 Å². The highest BCUT2D eigenvalue weighted by molar-refractivity contribution is 6.01. The fraction of sp³-hybridized carbons (Fsp3) is 0.368. The van der Waals surface area contributed by atoms with Crippen LogP contribution in [0.4, 0.5) is 5.82 Å². The fourth-order valence-corrected chi connectivity index (χ4v) is 3.52. The average Bonchev–Trinajstić information content (AvgIpc) is 3.13. The van der Waals surface area contributed by atoms with Gasteiger partial charge in [0.1, 0.15) is 17.4 Å². The van der Waals surface area contributed by atoms with Gasteiger partial charge in [-0.1, -0.05) is 30.3 Å².